The first-order chi connectivity index (χ1) is 8.15. The van der Waals surface area contributed by atoms with Crippen LogP contribution in [-0.2, 0) is 16.1 Å². The van der Waals surface area contributed by atoms with Gasteiger partial charge in [0.25, 0.3) is 0 Å². The van der Waals surface area contributed by atoms with Gasteiger partial charge in [-0.2, -0.15) is 0 Å². The Hall–Kier alpha value is -1.35. The third-order valence-electron chi connectivity index (χ3n) is 3.35. The molecule has 1 aromatic carbocycles. The zero-order chi connectivity index (χ0) is 12.3. The van der Waals surface area contributed by atoms with Crippen molar-refractivity contribution < 1.29 is 9.53 Å². The monoisotopic (exact) mass is 233 g/mol. The van der Waals surface area contributed by atoms with Gasteiger partial charge in [0.05, 0.1) is 12.5 Å². The molecule has 1 aromatic rings. The van der Waals surface area contributed by atoms with Crippen LogP contribution in [0.15, 0.2) is 30.3 Å². The molecule has 0 saturated heterocycles. The van der Waals surface area contributed by atoms with Crippen molar-refractivity contribution in [2.75, 3.05) is 6.61 Å². The fourth-order valence-corrected chi connectivity index (χ4v) is 2.05. The maximum atomic E-state index is 11.6. The summed E-state index contributed by atoms with van der Waals surface area (Å²) in [6.07, 6.45) is 0.874. The third kappa shape index (κ3) is 2.86. The van der Waals surface area contributed by atoms with E-state index in [1.807, 2.05) is 25.1 Å². The van der Waals surface area contributed by atoms with E-state index in [4.69, 9.17) is 4.74 Å². The van der Waals surface area contributed by atoms with Crippen LogP contribution in [0.1, 0.15) is 25.8 Å². The maximum absolute atomic E-state index is 11.6. The van der Waals surface area contributed by atoms with Crippen molar-refractivity contribution in [3.05, 3.63) is 35.9 Å². The fraction of sp³-hybridized carbons (Fsp3) is 0.500. The molecule has 1 aliphatic carbocycles. The molecule has 2 unspecified atom stereocenters. The predicted octanol–water partition coefficient (Wildman–Crippen LogP) is 2.12. The van der Waals surface area contributed by atoms with E-state index in [0.717, 1.165) is 13.0 Å². The molecule has 0 bridgehead atoms. The number of carbonyl (C=O) groups excluding carboxylic acids is 1. The number of hydrogen-bond acceptors (Lipinski definition) is 3. The van der Waals surface area contributed by atoms with Gasteiger partial charge in [-0.1, -0.05) is 30.3 Å². The van der Waals surface area contributed by atoms with Gasteiger partial charge in [-0.25, -0.2) is 0 Å². The Bertz CT molecular complexity index is 390. The number of ether oxygens (including phenoxy) is 1. The van der Waals surface area contributed by atoms with Gasteiger partial charge < -0.3 is 10.1 Å². The lowest BCUT2D eigenvalue weighted by Crippen LogP contribution is -2.32. The van der Waals surface area contributed by atoms with Crippen LogP contribution in [0.5, 0.6) is 0 Å². The van der Waals surface area contributed by atoms with Gasteiger partial charge in [0.1, 0.15) is 0 Å². The lowest BCUT2D eigenvalue weighted by atomic mass is 10.2. The smallest absolute Gasteiger partial charge is 0.310 e. The van der Waals surface area contributed by atoms with Gasteiger partial charge in [0, 0.05) is 12.1 Å². The molecular formula is C14H19NO2. The summed E-state index contributed by atoms with van der Waals surface area (Å²) >= 11 is 0. The summed E-state index contributed by atoms with van der Waals surface area (Å²) in [5.74, 6) is -0.0540. The molecule has 3 heteroatoms. The molecule has 1 saturated carbocycles. The summed E-state index contributed by atoms with van der Waals surface area (Å²) in [4.78, 5) is 11.6. The van der Waals surface area contributed by atoms with E-state index >= 15 is 0 Å². The Morgan fingerprint density at radius 3 is 2.82 bits per heavy atom. The van der Waals surface area contributed by atoms with Crippen LogP contribution in [0.3, 0.4) is 0 Å². The van der Waals surface area contributed by atoms with Crippen LogP contribution in [0.4, 0.5) is 0 Å². The average Bonchev–Trinajstić information content (AvgIpc) is 3.02. The highest BCUT2D eigenvalue weighted by Gasteiger charge is 2.55. The van der Waals surface area contributed by atoms with E-state index < -0.39 is 0 Å². The van der Waals surface area contributed by atoms with Gasteiger partial charge in [-0.05, 0) is 25.8 Å². The van der Waals surface area contributed by atoms with E-state index in [1.165, 1.54) is 5.56 Å². The first-order valence-corrected chi connectivity index (χ1v) is 6.11. The molecule has 0 heterocycles. The molecule has 1 fully saturated rings. The van der Waals surface area contributed by atoms with Crippen molar-refractivity contribution in [3.63, 3.8) is 0 Å². The average molecular weight is 233 g/mol. The second-order valence-corrected chi connectivity index (χ2v) is 4.77. The maximum Gasteiger partial charge on any atom is 0.310 e. The second kappa shape index (κ2) is 4.88. The number of benzene rings is 1. The summed E-state index contributed by atoms with van der Waals surface area (Å²) < 4.78 is 5.03. The van der Waals surface area contributed by atoms with Gasteiger partial charge in [-0.15, -0.1) is 0 Å². The van der Waals surface area contributed by atoms with Gasteiger partial charge in [-0.3, -0.25) is 4.79 Å². The zero-order valence-corrected chi connectivity index (χ0v) is 10.4. The molecule has 0 spiro atoms. The number of hydrogen-bond donors (Lipinski definition) is 1. The lowest BCUT2D eigenvalue weighted by molar-refractivity contribution is -0.145. The molecule has 2 rings (SSSR count). The molecular weight excluding hydrogens is 214 g/mol. The van der Waals surface area contributed by atoms with E-state index in [-0.39, 0.29) is 17.4 Å². The molecule has 2 atom stereocenters. The molecule has 92 valence electrons. The summed E-state index contributed by atoms with van der Waals surface area (Å²) in [7, 11) is 0. The summed E-state index contributed by atoms with van der Waals surface area (Å²) in [5, 5.41) is 3.44. The summed E-state index contributed by atoms with van der Waals surface area (Å²) in [6, 6.07) is 10.2. The van der Waals surface area contributed by atoms with E-state index in [1.54, 1.807) is 0 Å². The first kappa shape index (κ1) is 12.1. The minimum atomic E-state index is -0.0813. The van der Waals surface area contributed by atoms with E-state index in [9.17, 15) is 4.79 Å². The van der Waals surface area contributed by atoms with Crippen LogP contribution in [0.25, 0.3) is 0 Å². The molecule has 0 amide bonds. The summed E-state index contributed by atoms with van der Waals surface area (Å²) in [6.45, 7) is 5.18. The lowest BCUT2D eigenvalue weighted by Gasteiger charge is -2.13. The number of carbonyl (C=O) groups is 1. The molecule has 0 radical (unpaired) electrons. The number of esters is 1. The van der Waals surface area contributed by atoms with E-state index in [0.29, 0.717) is 6.61 Å². The molecule has 0 aromatic heterocycles. The highest BCUT2D eigenvalue weighted by Crippen LogP contribution is 2.44. The predicted molar refractivity (Wildman–Crippen MR) is 66.4 cm³/mol. The molecule has 3 nitrogen and oxygen atoms in total. The molecule has 0 aliphatic heterocycles. The number of nitrogens with one attached hydrogen (secondary N) is 1. The quantitative estimate of drug-likeness (QED) is 0.792. The minimum absolute atomic E-state index is 0.0196. The van der Waals surface area contributed by atoms with Crippen LogP contribution >= 0.6 is 0 Å². The number of rotatable bonds is 5. The molecule has 1 N–H and O–H groups in total. The van der Waals surface area contributed by atoms with Gasteiger partial charge in [0.2, 0.25) is 0 Å². The Labute approximate surface area is 102 Å². The normalized spacial score (nSPS) is 26.6. The van der Waals surface area contributed by atoms with Crippen LogP contribution in [0, 0.1) is 5.92 Å². The standard InChI is InChI=1S/C14H19NO2/c1-3-17-13(16)12-9-14(12,2)15-10-11-7-5-4-6-8-11/h4-8,12,15H,3,9-10H2,1-2H3. The minimum Gasteiger partial charge on any atom is -0.466 e. The first-order valence-electron chi connectivity index (χ1n) is 6.11. The Morgan fingerprint density at radius 1 is 1.47 bits per heavy atom. The highest BCUT2D eigenvalue weighted by atomic mass is 16.5. The van der Waals surface area contributed by atoms with Crippen molar-refractivity contribution >= 4 is 5.97 Å². The fourth-order valence-electron chi connectivity index (χ4n) is 2.05. The van der Waals surface area contributed by atoms with E-state index in [2.05, 4.69) is 24.4 Å². The van der Waals surface area contributed by atoms with Crippen molar-refractivity contribution in [1.82, 2.24) is 5.32 Å². The van der Waals surface area contributed by atoms with Gasteiger partial charge >= 0.3 is 5.97 Å². The van der Waals surface area contributed by atoms with Crippen molar-refractivity contribution in [1.29, 1.82) is 0 Å². The SMILES string of the molecule is CCOC(=O)C1CC1(C)NCc1ccccc1. The largest absolute Gasteiger partial charge is 0.466 e. The third-order valence-corrected chi connectivity index (χ3v) is 3.35. The molecule has 1 aliphatic rings. The topological polar surface area (TPSA) is 38.3 Å². The van der Waals surface area contributed by atoms with Crippen LogP contribution < -0.4 is 5.32 Å². The van der Waals surface area contributed by atoms with Gasteiger partial charge in [0.15, 0.2) is 0 Å². The Balaban J connectivity index is 1.83. The molecule has 17 heavy (non-hydrogen) atoms. The van der Waals surface area contributed by atoms with Crippen molar-refractivity contribution in [3.8, 4) is 0 Å². The zero-order valence-electron chi connectivity index (χ0n) is 10.4. The van der Waals surface area contributed by atoms with Crippen LogP contribution in [0.2, 0.25) is 0 Å². The second-order valence-electron chi connectivity index (χ2n) is 4.77. The van der Waals surface area contributed by atoms with Crippen molar-refractivity contribution in [2.45, 2.75) is 32.4 Å². The highest BCUT2D eigenvalue weighted by molar-refractivity contribution is 5.78. The summed E-state index contributed by atoms with van der Waals surface area (Å²) in [5.41, 5.74) is 1.16. The van der Waals surface area contributed by atoms with Crippen LogP contribution in [-0.4, -0.2) is 18.1 Å². The Kier molecular flexibility index (Phi) is 3.48. The van der Waals surface area contributed by atoms with Crippen molar-refractivity contribution in [2.24, 2.45) is 5.92 Å². The Morgan fingerprint density at radius 2 is 2.18 bits per heavy atom.